The minimum absolute atomic E-state index is 0.0565. The molecular formula is C21H31N3O4. The molecule has 0 bridgehead atoms. The van der Waals surface area contributed by atoms with E-state index in [0.29, 0.717) is 56.4 Å². The third-order valence-corrected chi connectivity index (χ3v) is 5.96. The summed E-state index contributed by atoms with van der Waals surface area (Å²) in [6, 6.07) is 5.98. The molecule has 2 saturated heterocycles. The summed E-state index contributed by atoms with van der Waals surface area (Å²) in [7, 11) is 3.21. The van der Waals surface area contributed by atoms with Gasteiger partial charge >= 0.3 is 0 Å². The molecule has 1 aromatic rings. The number of rotatable bonds is 7. The maximum absolute atomic E-state index is 12.9. The Kier molecular flexibility index (Phi) is 6.44. The quantitative estimate of drug-likeness (QED) is 0.760. The summed E-state index contributed by atoms with van der Waals surface area (Å²) < 4.78 is 10.6. The molecule has 2 fully saturated rings. The summed E-state index contributed by atoms with van der Waals surface area (Å²) in [4.78, 5) is 29.1. The maximum Gasteiger partial charge on any atom is 0.228 e. The van der Waals surface area contributed by atoms with Crippen LogP contribution in [-0.4, -0.2) is 68.1 Å². The predicted molar refractivity (Wildman–Crippen MR) is 106 cm³/mol. The number of carbonyl (C=O) groups excluding carboxylic acids is 2. The highest BCUT2D eigenvalue weighted by molar-refractivity contribution is 5.89. The zero-order chi connectivity index (χ0) is 20.3. The minimum atomic E-state index is -0.239. The molecule has 3 rings (SSSR count). The van der Waals surface area contributed by atoms with Crippen molar-refractivity contribution in [2.75, 3.05) is 40.4 Å². The summed E-state index contributed by atoms with van der Waals surface area (Å²) in [6.45, 7) is 4.49. The van der Waals surface area contributed by atoms with Gasteiger partial charge in [0.05, 0.1) is 20.1 Å². The van der Waals surface area contributed by atoms with E-state index in [1.807, 2.05) is 23.1 Å². The van der Waals surface area contributed by atoms with Gasteiger partial charge in [0.25, 0.3) is 0 Å². The van der Waals surface area contributed by atoms with Crippen LogP contribution >= 0.6 is 0 Å². The van der Waals surface area contributed by atoms with Crippen LogP contribution in [0.5, 0.6) is 11.5 Å². The average molecular weight is 389 g/mol. The minimum Gasteiger partial charge on any atom is -0.493 e. The second-order valence-corrected chi connectivity index (χ2v) is 7.86. The number of methoxy groups -OCH3 is 2. The molecule has 3 unspecified atom stereocenters. The van der Waals surface area contributed by atoms with Crippen LogP contribution in [0, 0.1) is 11.8 Å². The van der Waals surface area contributed by atoms with E-state index in [2.05, 4.69) is 6.92 Å². The molecule has 0 aromatic heterocycles. The fourth-order valence-electron chi connectivity index (χ4n) is 4.31. The van der Waals surface area contributed by atoms with Gasteiger partial charge in [-0.15, -0.1) is 0 Å². The predicted octanol–water partition coefficient (Wildman–Crippen LogP) is 1.29. The topological polar surface area (TPSA) is 85.1 Å². The first-order chi connectivity index (χ1) is 13.5. The zero-order valence-electron chi connectivity index (χ0n) is 17.0. The van der Waals surface area contributed by atoms with Crippen LogP contribution in [0.25, 0.3) is 0 Å². The van der Waals surface area contributed by atoms with E-state index < -0.39 is 0 Å². The Morgan fingerprint density at radius 1 is 1.21 bits per heavy atom. The van der Waals surface area contributed by atoms with Gasteiger partial charge in [0.1, 0.15) is 0 Å². The molecule has 2 aliphatic rings. The molecule has 2 N–H and O–H groups in total. The van der Waals surface area contributed by atoms with Gasteiger partial charge in [0.15, 0.2) is 11.5 Å². The van der Waals surface area contributed by atoms with Crippen molar-refractivity contribution >= 4 is 11.8 Å². The first kappa shape index (κ1) is 20.5. The van der Waals surface area contributed by atoms with Crippen LogP contribution in [0.1, 0.15) is 25.3 Å². The van der Waals surface area contributed by atoms with E-state index in [1.54, 1.807) is 19.1 Å². The van der Waals surface area contributed by atoms with Crippen molar-refractivity contribution in [3.63, 3.8) is 0 Å². The van der Waals surface area contributed by atoms with Crippen LogP contribution in [0.2, 0.25) is 0 Å². The molecule has 154 valence electrons. The van der Waals surface area contributed by atoms with Crippen molar-refractivity contribution in [3.05, 3.63) is 23.8 Å². The molecule has 0 spiro atoms. The van der Waals surface area contributed by atoms with Gasteiger partial charge in [-0.25, -0.2) is 0 Å². The highest BCUT2D eigenvalue weighted by atomic mass is 16.5. The summed E-state index contributed by atoms with van der Waals surface area (Å²) >= 11 is 0. The number of carbonyl (C=O) groups is 2. The van der Waals surface area contributed by atoms with Gasteiger partial charge < -0.3 is 25.0 Å². The molecule has 3 atom stereocenters. The van der Waals surface area contributed by atoms with Gasteiger partial charge in [0, 0.05) is 32.1 Å². The van der Waals surface area contributed by atoms with Gasteiger partial charge in [-0.1, -0.05) is 6.07 Å². The van der Waals surface area contributed by atoms with Crippen molar-refractivity contribution in [1.82, 2.24) is 9.80 Å². The van der Waals surface area contributed by atoms with Crippen LogP contribution in [0.4, 0.5) is 0 Å². The number of ether oxygens (including phenoxy) is 2. The number of amides is 2. The molecule has 2 heterocycles. The molecular weight excluding hydrogens is 358 g/mol. The van der Waals surface area contributed by atoms with E-state index >= 15 is 0 Å². The molecule has 0 aliphatic carbocycles. The van der Waals surface area contributed by atoms with E-state index in [1.165, 1.54) is 0 Å². The molecule has 7 heteroatoms. The fourth-order valence-corrected chi connectivity index (χ4v) is 4.31. The van der Waals surface area contributed by atoms with Crippen molar-refractivity contribution in [2.24, 2.45) is 17.6 Å². The first-order valence-corrected chi connectivity index (χ1v) is 9.96. The maximum atomic E-state index is 12.9. The van der Waals surface area contributed by atoms with Gasteiger partial charge in [0.2, 0.25) is 11.8 Å². The molecule has 2 aliphatic heterocycles. The largest absolute Gasteiger partial charge is 0.493 e. The number of hydrogen-bond donors (Lipinski definition) is 1. The van der Waals surface area contributed by atoms with E-state index in [9.17, 15) is 9.59 Å². The summed E-state index contributed by atoms with van der Waals surface area (Å²) in [5, 5.41) is 0. The van der Waals surface area contributed by atoms with E-state index in [4.69, 9.17) is 15.2 Å². The lowest BCUT2D eigenvalue weighted by Crippen LogP contribution is -2.40. The number of benzene rings is 1. The highest BCUT2D eigenvalue weighted by Crippen LogP contribution is 2.29. The third kappa shape index (κ3) is 4.24. The fraction of sp³-hybridized carbons (Fsp3) is 0.619. The van der Waals surface area contributed by atoms with E-state index in [-0.39, 0.29) is 23.8 Å². The van der Waals surface area contributed by atoms with Crippen molar-refractivity contribution in [1.29, 1.82) is 0 Å². The molecule has 2 amide bonds. The Balaban J connectivity index is 1.57. The van der Waals surface area contributed by atoms with Crippen molar-refractivity contribution in [3.8, 4) is 11.5 Å². The lowest BCUT2D eigenvalue weighted by Gasteiger charge is -2.25. The first-order valence-electron chi connectivity index (χ1n) is 9.96. The number of nitrogens with two attached hydrogens (primary N) is 1. The summed E-state index contributed by atoms with van der Waals surface area (Å²) in [6.07, 6.45) is 1.97. The third-order valence-electron chi connectivity index (χ3n) is 5.96. The Labute approximate surface area is 166 Å². The molecule has 1 aromatic carbocycles. The van der Waals surface area contributed by atoms with E-state index in [0.717, 1.165) is 12.0 Å². The molecule has 0 saturated carbocycles. The summed E-state index contributed by atoms with van der Waals surface area (Å²) in [5.74, 6) is 1.66. The van der Waals surface area contributed by atoms with Gasteiger partial charge in [-0.3, -0.25) is 9.59 Å². The number of likely N-dealkylation sites (tertiary alicyclic amines) is 2. The van der Waals surface area contributed by atoms with Crippen molar-refractivity contribution in [2.45, 2.75) is 32.2 Å². The normalized spacial score (nSPS) is 24.7. The van der Waals surface area contributed by atoms with Gasteiger partial charge in [-0.2, -0.15) is 0 Å². The lowest BCUT2D eigenvalue weighted by molar-refractivity contribution is -0.136. The number of nitrogens with zero attached hydrogens (tertiary/aromatic N) is 2. The smallest absolute Gasteiger partial charge is 0.228 e. The highest BCUT2D eigenvalue weighted by Gasteiger charge is 2.40. The van der Waals surface area contributed by atoms with Crippen LogP contribution in [0.15, 0.2) is 18.2 Å². The number of hydrogen-bond acceptors (Lipinski definition) is 5. The second-order valence-electron chi connectivity index (χ2n) is 7.86. The summed E-state index contributed by atoms with van der Waals surface area (Å²) in [5.41, 5.74) is 6.84. The molecule has 0 radical (unpaired) electrons. The Morgan fingerprint density at radius 2 is 1.96 bits per heavy atom. The average Bonchev–Trinajstić information content (AvgIpc) is 3.27. The standard InChI is InChI=1S/C21H31N3O4/c1-14-8-16(11-22)12-24(14)21(26)17-10-20(25)23(13-17)7-6-15-4-5-18(27-2)19(9-15)28-3/h4-5,9,14,16-17H,6-8,10-13,22H2,1-3H3. The monoisotopic (exact) mass is 389 g/mol. The SMILES string of the molecule is COc1ccc(CCN2CC(C(=O)N3CC(CN)CC3C)CC2=O)cc1OC. The zero-order valence-corrected chi connectivity index (χ0v) is 17.0. The Bertz CT molecular complexity index is 724. The second kappa shape index (κ2) is 8.82. The van der Waals surface area contributed by atoms with Crippen LogP contribution < -0.4 is 15.2 Å². The molecule has 7 nitrogen and oxygen atoms in total. The Hall–Kier alpha value is -2.28. The van der Waals surface area contributed by atoms with Crippen molar-refractivity contribution < 1.29 is 19.1 Å². The molecule has 28 heavy (non-hydrogen) atoms. The van der Waals surface area contributed by atoms with Crippen LogP contribution in [-0.2, 0) is 16.0 Å². The Morgan fingerprint density at radius 3 is 2.61 bits per heavy atom. The van der Waals surface area contributed by atoms with Gasteiger partial charge in [-0.05, 0) is 49.9 Å². The lowest BCUT2D eigenvalue weighted by atomic mass is 10.1. The van der Waals surface area contributed by atoms with Crippen LogP contribution in [0.3, 0.4) is 0 Å².